The van der Waals surface area contributed by atoms with E-state index in [9.17, 15) is 9.59 Å². The number of rotatable bonds is 5. The summed E-state index contributed by atoms with van der Waals surface area (Å²) in [4.78, 5) is 23.2. The van der Waals surface area contributed by atoms with Crippen molar-refractivity contribution in [3.63, 3.8) is 0 Å². The van der Waals surface area contributed by atoms with Crippen LogP contribution < -0.4 is 21.1 Å². The van der Waals surface area contributed by atoms with Crippen LogP contribution in [-0.2, 0) is 4.79 Å². The number of para-hydroxylation sites is 1. The summed E-state index contributed by atoms with van der Waals surface area (Å²) in [6, 6.07) is 6.30. The lowest BCUT2D eigenvalue weighted by molar-refractivity contribution is -0.126. The third kappa shape index (κ3) is 4.51. The molecule has 0 aliphatic rings. The van der Waals surface area contributed by atoms with E-state index in [1.807, 2.05) is 0 Å². The summed E-state index contributed by atoms with van der Waals surface area (Å²) < 4.78 is 5.49. The van der Waals surface area contributed by atoms with Crippen molar-refractivity contribution in [2.24, 2.45) is 5.73 Å². The predicted octanol–water partition coefficient (Wildman–Crippen LogP) is 0.934. The van der Waals surface area contributed by atoms with Crippen molar-refractivity contribution in [3.05, 3.63) is 29.8 Å². The number of benzene rings is 1. The van der Waals surface area contributed by atoms with Crippen molar-refractivity contribution in [1.82, 2.24) is 10.6 Å². The first kappa shape index (κ1) is 15.9. The molecule has 0 saturated heterocycles. The van der Waals surface area contributed by atoms with Crippen LogP contribution in [0.15, 0.2) is 24.3 Å². The summed E-state index contributed by atoms with van der Waals surface area (Å²) in [5.41, 5.74) is 6.12. The number of ether oxygens (including phenoxy) is 1. The molecule has 0 aliphatic carbocycles. The third-order valence-electron chi connectivity index (χ3n) is 2.40. The van der Waals surface area contributed by atoms with Crippen molar-refractivity contribution in [3.8, 4) is 5.75 Å². The minimum atomic E-state index is -0.854. The van der Waals surface area contributed by atoms with E-state index in [4.69, 9.17) is 22.7 Å². The highest BCUT2D eigenvalue weighted by molar-refractivity contribution is 7.80. The van der Waals surface area contributed by atoms with Gasteiger partial charge in [0.2, 0.25) is 0 Å². The Kier molecular flexibility index (Phi) is 5.92. The quantitative estimate of drug-likeness (QED) is 0.703. The fourth-order valence-electron chi connectivity index (χ4n) is 1.44. The molecule has 1 aromatic carbocycles. The minimum absolute atomic E-state index is 0.178. The molecule has 0 fully saturated rings. The molecule has 3 amide bonds. The standard InChI is InChI=1S/C13H17N3O3S/c1-3-15-13(18)16-12(17)8(2)19-10-7-5-4-6-9(10)11(14)20/h4-8H,3H2,1-2H3,(H2,14,20)(H2,15,16,17,18). The molecule has 1 atom stereocenters. The maximum atomic E-state index is 11.8. The second kappa shape index (κ2) is 7.44. The first-order valence-corrected chi connectivity index (χ1v) is 6.50. The maximum Gasteiger partial charge on any atom is 0.321 e. The SMILES string of the molecule is CCNC(=O)NC(=O)C(C)Oc1ccccc1C(N)=S. The summed E-state index contributed by atoms with van der Waals surface area (Å²) in [6.07, 6.45) is -0.854. The van der Waals surface area contributed by atoms with Gasteiger partial charge in [-0.2, -0.15) is 0 Å². The van der Waals surface area contributed by atoms with Crippen molar-refractivity contribution in [1.29, 1.82) is 0 Å². The monoisotopic (exact) mass is 295 g/mol. The predicted molar refractivity (Wildman–Crippen MR) is 79.6 cm³/mol. The molecule has 0 aliphatic heterocycles. The van der Waals surface area contributed by atoms with E-state index in [0.29, 0.717) is 17.9 Å². The number of amides is 3. The summed E-state index contributed by atoms with van der Waals surface area (Å²) >= 11 is 4.91. The lowest BCUT2D eigenvalue weighted by Gasteiger charge is -2.16. The Hall–Kier alpha value is -2.15. The van der Waals surface area contributed by atoms with Crippen LogP contribution in [0, 0.1) is 0 Å². The lowest BCUT2D eigenvalue weighted by Crippen LogP contribution is -2.45. The van der Waals surface area contributed by atoms with Gasteiger partial charge in [-0.15, -0.1) is 0 Å². The lowest BCUT2D eigenvalue weighted by atomic mass is 10.2. The summed E-state index contributed by atoms with van der Waals surface area (Å²) in [5, 5.41) is 4.63. The van der Waals surface area contributed by atoms with E-state index in [-0.39, 0.29) is 4.99 Å². The zero-order valence-corrected chi connectivity index (χ0v) is 12.1. The van der Waals surface area contributed by atoms with E-state index in [2.05, 4.69) is 10.6 Å². The molecule has 0 heterocycles. The number of urea groups is 1. The van der Waals surface area contributed by atoms with Gasteiger partial charge in [0.25, 0.3) is 5.91 Å². The number of thiocarbonyl (C=S) groups is 1. The zero-order chi connectivity index (χ0) is 15.1. The van der Waals surface area contributed by atoms with Crippen LogP contribution in [0.3, 0.4) is 0 Å². The zero-order valence-electron chi connectivity index (χ0n) is 11.3. The van der Waals surface area contributed by atoms with Crippen molar-refractivity contribution >= 4 is 29.1 Å². The van der Waals surface area contributed by atoms with Crippen molar-refractivity contribution in [2.75, 3.05) is 6.54 Å². The van der Waals surface area contributed by atoms with Crippen LogP contribution in [0.25, 0.3) is 0 Å². The van der Waals surface area contributed by atoms with Gasteiger partial charge in [0.15, 0.2) is 6.10 Å². The molecule has 0 radical (unpaired) electrons. The Morgan fingerprint density at radius 2 is 2.05 bits per heavy atom. The van der Waals surface area contributed by atoms with Crippen molar-refractivity contribution < 1.29 is 14.3 Å². The first-order chi connectivity index (χ1) is 9.45. The minimum Gasteiger partial charge on any atom is -0.480 e. The number of nitrogens with one attached hydrogen (secondary N) is 2. The number of hydrogen-bond acceptors (Lipinski definition) is 4. The van der Waals surface area contributed by atoms with Crippen LogP contribution in [0.4, 0.5) is 4.79 Å². The summed E-state index contributed by atoms with van der Waals surface area (Å²) in [5.74, 6) is -0.146. The molecule has 0 aromatic heterocycles. The van der Waals surface area contributed by atoms with Gasteiger partial charge in [0.05, 0.1) is 5.56 Å². The summed E-state index contributed by atoms with van der Waals surface area (Å²) in [6.45, 7) is 3.71. The molecule has 108 valence electrons. The van der Waals surface area contributed by atoms with Gasteiger partial charge in [-0.1, -0.05) is 24.4 Å². The van der Waals surface area contributed by atoms with Crippen LogP contribution >= 0.6 is 12.2 Å². The number of nitrogens with two attached hydrogens (primary N) is 1. The molecule has 0 bridgehead atoms. The Bertz CT molecular complexity index is 519. The Morgan fingerprint density at radius 3 is 2.65 bits per heavy atom. The molecular weight excluding hydrogens is 278 g/mol. The third-order valence-corrected chi connectivity index (χ3v) is 2.62. The second-order valence-corrected chi connectivity index (χ2v) is 4.41. The first-order valence-electron chi connectivity index (χ1n) is 6.09. The normalized spacial score (nSPS) is 11.3. The van der Waals surface area contributed by atoms with Crippen molar-refractivity contribution in [2.45, 2.75) is 20.0 Å². The van der Waals surface area contributed by atoms with Crippen LogP contribution in [0.2, 0.25) is 0 Å². The van der Waals surface area contributed by atoms with Gasteiger partial charge < -0.3 is 15.8 Å². The van der Waals surface area contributed by atoms with Gasteiger partial charge in [-0.05, 0) is 26.0 Å². The van der Waals surface area contributed by atoms with Gasteiger partial charge in [-0.3, -0.25) is 10.1 Å². The molecule has 1 unspecified atom stereocenters. The molecule has 6 nitrogen and oxygen atoms in total. The van der Waals surface area contributed by atoms with Crippen LogP contribution in [-0.4, -0.2) is 29.6 Å². The Balaban J connectivity index is 2.71. The van der Waals surface area contributed by atoms with Gasteiger partial charge in [0.1, 0.15) is 10.7 Å². The van der Waals surface area contributed by atoms with Gasteiger partial charge in [-0.25, -0.2) is 4.79 Å². The highest BCUT2D eigenvalue weighted by atomic mass is 32.1. The molecular formula is C13H17N3O3S. The number of hydrogen-bond donors (Lipinski definition) is 3. The maximum absolute atomic E-state index is 11.8. The highest BCUT2D eigenvalue weighted by Gasteiger charge is 2.18. The molecule has 4 N–H and O–H groups in total. The second-order valence-electron chi connectivity index (χ2n) is 3.97. The number of carbonyl (C=O) groups excluding carboxylic acids is 2. The van der Waals surface area contributed by atoms with E-state index < -0.39 is 18.0 Å². The van der Waals surface area contributed by atoms with Crippen LogP contribution in [0.1, 0.15) is 19.4 Å². The van der Waals surface area contributed by atoms with E-state index in [0.717, 1.165) is 0 Å². The van der Waals surface area contributed by atoms with E-state index in [1.54, 1.807) is 31.2 Å². The average molecular weight is 295 g/mol. The molecule has 0 saturated carbocycles. The fourth-order valence-corrected chi connectivity index (χ4v) is 1.60. The Morgan fingerprint density at radius 1 is 1.40 bits per heavy atom. The average Bonchev–Trinajstić information content (AvgIpc) is 2.39. The number of carbonyl (C=O) groups is 2. The molecule has 1 rings (SSSR count). The van der Waals surface area contributed by atoms with Crippen LogP contribution in [0.5, 0.6) is 5.75 Å². The van der Waals surface area contributed by atoms with E-state index in [1.165, 1.54) is 6.92 Å². The largest absolute Gasteiger partial charge is 0.480 e. The smallest absolute Gasteiger partial charge is 0.321 e. The van der Waals surface area contributed by atoms with E-state index >= 15 is 0 Å². The Labute approximate surface area is 122 Å². The molecule has 7 heteroatoms. The van der Waals surface area contributed by atoms with Gasteiger partial charge >= 0.3 is 6.03 Å². The fraction of sp³-hybridized carbons (Fsp3) is 0.308. The summed E-state index contributed by atoms with van der Waals surface area (Å²) in [7, 11) is 0. The highest BCUT2D eigenvalue weighted by Crippen LogP contribution is 2.19. The van der Waals surface area contributed by atoms with Gasteiger partial charge in [0, 0.05) is 6.54 Å². The number of imide groups is 1. The topological polar surface area (TPSA) is 93.5 Å². The molecule has 0 spiro atoms. The molecule has 1 aromatic rings. The molecule has 20 heavy (non-hydrogen) atoms.